The van der Waals surface area contributed by atoms with Gasteiger partial charge in [-0.15, -0.1) is 0 Å². The highest BCUT2D eigenvalue weighted by Gasteiger charge is 2.25. The number of carbonyl (C=O) groups is 1. The predicted octanol–water partition coefficient (Wildman–Crippen LogP) is 6.56. The van der Waals surface area contributed by atoms with Crippen molar-refractivity contribution in [1.29, 1.82) is 0 Å². The van der Waals surface area contributed by atoms with Crippen molar-refractivity contribution in [3.63, 3.8) is 0 Å². The minimum atomic E-state index is -0.556. The molecule has 35 heavy (non-hydrogen) atoms. The molecular weight excluding hydrogens is 469 g/mol. The van der Waals surface area contributed by atoms with E-state index in [0.29, 0.717) is 27.6 Å². The van der Waals surface area contributed by atoms with Crippen molar-refractivity contribution in [2.75, 3.05) is 7.11 Å². The number of benzene rings is 4. The second-order valence-electron chi connectivity index (χ2n) is 7.85. The van der Waals surface area contributed by atoms with E-state index in [1.54, 1.807) is 30.3 Å². The number of ether oxygens (including phenoxy) is 3. The van der Waals surface area contributed by atoms with Crippen LogP contribution in [0.1, 0.15) is 16.7 Å². The number of fused-ring (bicyclic) bond motifs is 1. The smallest absolute Gasteiger partial charge is 0.363 e. The number of hydrogen-bond donors (Lipinski definition) is 0. The monoisotopic (exact) mass is 487 g/mol. The van der Waals surface area contributed by atoms with Gasteiger partial charge in [-0.05, 0) is 64.4 Å². The van der Waals surface area contributed by atoms with Crippen LogP contribution in [0.4, 0.5) is 4.39 Å². The molecule has 4 aromatic rings. The van der Waals surface area contributed by atoms with E-state index in [4.69, 9.17) is 25.8 Å². The lowest BCUT2D eigenvalue weighted by Crippen LogP contribution is -2.05. The molecule has 174 valence electrons. The Bertz CT molecular complexity index is 1500. The Morgan fingerprint density at radius 2 is 1.77 bits per heavy atom. The maximum atomic E-state index is 13.1. The van der Waals surface area contributed by atoms with E-state index in [0.717, 1.165) is 16.3 Å². The van der Waals surface area contributed by atoms with Gasteiger partial charge in [0.2, 0.25) is 5.90 Å². The lowest BCUT2D eigenvalue weighted by molar-refractivity contribution is -0.129. The summed E-state index contributed by atoms with van der Waals surface area (Å²) in [4.78, 5) is 16.9. The summed E-state index contributed by atoms with van der Waals surface area (Å²) in [6.07, 6.45) is 1.58. The van der Waals surface area contributed by atoms with E-state index >= 15 is 0 Å². The van der Waals surface area contributed by atoms with Crippen molar-refractivity contribution in [3.8, 4) is 11.5 Å². The number of nitrogens with zero attached hydrogens (tertiary/aromatic N) is 1. The van der Waals surface area contributed by atoms with Gasteiger partial charge in [-0.2, -0.15) is 0 Å². The Hall–Kier alpha value is -4.16. The van der Waals surface area contributed by atoms with E-state index < -0.39 is 5.97 Å². The standard InChI is InChI=1S/C28H19ClFNO4/c1-33-25-14-18(12-23(29)26(25)34-16-17-6-10-22(30)11-7-17)13-24-28(32)35-27(31-24)21-9-8-19-4-2-3-5-20(19)15-21/h2-15H,16H2,1H3/b24-13-. The summed E-state index contributed by atoms with van der Waals surface area (Å²) in [6.45, 7) is 0.183. The van der Waals surface area contributed by atoms with E-state index in [9.17, 15) is 9.18 Å². The maximum Gasteiger partial charge on any atom is 0.363 e. The molecule has 5 nitrogen and oxygen atoms in total. The first-order chi connectivity index (χ1) is 17.0. The number of halogens is 2. The molecule has 0 unspecified atom stereocenters. The minimum Gasteiger partial charge on any atom is -0.493 e. The molecule has 0 fully saturated rings. The molecule has 0 aromatic heterocycles. The molecule has 0 spiro atoms. The molecule has 0 radical (unpaired) electrons. The molecule has 0 saturated carbocycles. The van der Waals surface area contributed by atoms with Gasteiger partial charge in [0, 0.05) is 5.56 Å². The quantitative estimate of drug-likeness (QED) is 0.228. The van der Waals surface area contributed by atoms with Crippen LogP contribution in [-0.2, 0) is 16.1 Å². The van der Waals surface area contributed by atoms with Crippen LogP contribution in [0.5, 0.6) is 11.5 Å². The van der Waals surface area contributed by atoms with Gasteiger partial charge in [0.1, 0.15) is 12.4 Å². The first-order valence-electron chi connectivity index (χ1n) is 10.8. The average molecular weight is 488 g/mol. The zero-order valence-electron chi connectivity index (χ0n) is 18.6. The van der Waals surface area contributed by atoms with Crippen LogP contribution in [0.2, 0.25) is 5.02 Å². The van der Waals surface area contributed by atoms with Gasteiger partial charge in [-0.3, -0.25) is 0 Å². The molecule has 7 heteroatoms. The Morgan fingerprint density at radius 3 is 2.54 bits per heavy atom. The van der Waals surface area contributed by atoms with Crippen molar-refractivity contribution in [3.05, 3.63) is 112 Å². The normalized spacial score (nSPS) is 14.2. The van der Waals surface area contributed by atoms with Gasteiger partial charge in [0.25, 0.3) is 0 Å². The first kappa shape index (κ1) is 22.6. The highest BCUT2D eigenvalue weighted by molar-refractivity contribution is 6.32. The van der Waals surface area contributed by atoms with Gasteiger partial charge in [-0.1, -0.05) is 54.1 Å². The number of aliphatic imine (C=N–C) groups is 1. The van der Waals surface area contributed by atoms with E-state index in [-0.39, 0.29) is 24.0 Å². The summed E-state index contributed by atoms with van der Waals surface area (Å²) in [5.74, 6) is 0.0920. The van der Waals surface area contributed by atoms with E-state index in [1.807, 2.05) is 42.5 Å². The van der Waals surface area contributed by atoms with Crippen LogP contribution in [0, 0.1) is 5.82 Å². The number of rotatable bonds is 6. The van der Waals surface area contributed by atoms with Crippen LogP contribution in [0.15, 0.2) is 89.6 Å². The minimum absolute atomic E-state index is 0.145. The van der Waals surface area contributed by atoms with Crippen LogP contribution in [0.25, 0.3) is 16.8 Å². The number of carbonyl (C=O) groups excluding carboxylic acids is 1. The summed E-state index contributed by atoms with van der Waals surface area (Å²) in [6, 6.07) is 23.0. The SMILES string of the molecule is COc1cc(/C=C2\N=C(c3ccc4ccccc4c3)OC2=O)cc(Cl)c1OCc1ccc(F)cc1. The fraction of sp³-hybridized carbons (Fsp3) is 0.0714. The number of methoxy groups -OCH3 is 1. The van der Waals surface area contributed by atoms with Gasteiger partial charge >= 0.3 is 5.97 Å². The molecule has 4 aromatic carbocycles. The molecule has 5 rings (SSSR count). The predicted molar refractivity (Wildman–Crippen MR) is 133 cm³/mol. The first-order valence-corrected chi connectivity index (χ1v) is 11.1. The second-order valence-corrected chi connectivity index (χ2v) is 8.25. The van der Waals surface area contributed by atoms with E-state index in [1.165, 1.54) is 19.2 Å². The second kappa shape index (κ2) is 9.60. The van der Waals surface area contributed by atoms with Crippen molar-refractivity contribution in [2.24, 2.45) is 4.99 Å². The molecule has 1 aliphatic rings. The molecule has 1 aliphatic heterocycles. The van der Waals surface area contributed by atoms with Crippen molar-refractivity contribution >= 4 is 40.3 Å². The zero-order chi connectivity index (χ0) is 24.4. The van der Waals surface area contributed by atoms with Crippen molar-refractivity contribution in [2.45, 2.75) is 6.61 Å². The third-order valence-corrected chi connectivity index (χ3v) is 5.75. The van der Waals surface area contributed by atoms with Crippen LogP contribution in [0.3, 0.4) is 0 Å². The fourth-order valence-electron chi connectivity index (χ4n) is 3.71. The summed E-state index contributed by atoms with van der Waals surface area (Å²) < 4.78 is 29.8. The van der Waals surface area contributed by atoms with Crippen LogP contribution < -0.4 is 9.47 Å². The van der Waals surface area contributed by atoms with Crippen molar-refractivity contribution in [1.82, 2.24) is 0 Å². The third kappa shape index (κ3) is 4.88. The Kier molecular flexibility index (Phi) is 6.21. The molecule has 0 amide bonds. The molecule has 0 aliphatic carbocycles. The number of cyclic esters (lactones) is 1. The summed E-state index contributed by atoms with van der Waals surface area (Å²) in [7, 11) is 1.49. The molecule has 0 atom stereocenters. The fourth-order valence-corrected chi connectivity index (χ4v) is 3.99. The number of hydrogen-bond acceptors (Lipinski definition) is 5. The third-order valence-electron chi connectivity index (χ3n) is 5.47. The van der Waals surface area contributed by atoms with Gasteiger partial charge in [0.15, 0.2) is 17.2 Å². The van der Waals surface area contributed by atoms with Gasteiger partial charge in [-0.25, -0.2) is 14.2 Å². The molecular formula is C28H19ClFNO4. The lowest BCUT2D eigenvalue weighted by Gasteiger charge is -2.13. The van der Waals surface area contributed by atoms with Crippen LogP contribution >= 0.6 is 11.6 Å². The Balaban J connectivity index is 1.40. The molecule has 0 N–H and O–H groups in total. The maximum absolute atomic E-state index is 13.1. The van der Waals surface area contributed by atoms with Gasteiger partial charge in [0.05, 0.1) is 12.1 Å². The lowest BCUT2D eigenvalue weighted by atomic mass is 10.1. The number of esters is 1. The Morgan fingerprint density at radius 1 is 1.00 bits per heavy atom. The van der Waals surface area contributed by atoms with Crippen molar-refractivity contribution < 1.29 is 23.4 Å². The summed E-state index contributed by atoms with van der Waals surface area (Å²) >= 11 is 6.46. The van der Waals surface area contributed by atoms with Crippen LogP contribution in [-0.4, -0.2) is 19.0 Å². The molecule has 0 bridgehead atoms. The largest absolute Gasteiger partial charge is 0.493 e. The zero-order valence-corrected chi connectivity index (χ0v) is 19.4. The van der Waals surface area contributed by atoms with E-state index in [2.05, 4.69) is 4.99 Å². The topological polar surface area (TPSA) is 57.1 Å². The average Bonchev–Trinajstić information content (AvgIpc) is 3.23. The molecule has 1 heterocycles. The highest BCUT2D eigenvalue weighted by atomic mass is 35.5. The summed E-state index contributed by atoms with van der Waals surface area (Å²) in [5, 5.41) is 2.40. The highest BCUT2D eigenvalue weighted by Crippen LogP contribution is 2.38. The molecule has 0 saturated heterocycles. The summed E-state index contributed by atoms with van der Waals surface area (Å²) in [5.41, 5.74) is 2.23. The Labute approximate surface area is 206 Å². The van der Waals surface area contributed by atoms with Gasteiger partial charge < -0.3 is 14.2 Å².